The highest BCUT2D eigenvalue weighted by atomic mass is 19.4. The summed E-state index contributed by atoms with van der Waals surface area (Å²) < 4.78 is 44.0. The van der Waals surface area contributed by atoms with Crippen LogP contribution in [0.5, 0.6) is 5.75 Å². The normalized spacial score (nSPS) is 17.4. The van der Waals surface area contributed by atoms with E-state index in [2.05, 4.69) is 15.6 Å². The number of rotatable bonds is 7. The van der Waals surface area contributed by atoms with E-state index in [9.17, 15) is 22.8 Å². The molecule has 3 rings (SSSR count). The lowest BCUT2D eigenvalue weighted by Crippen LogP contribution is -2.45. The van der Waals surface area contributed by atoms with E-state index in [1.54, 1.807) is 24.3 Å². The maximum atomic E-state index is 12.7. The molecular weight excluding hydrogens is 439 g/mol. The van der Waals surface area contributed by atoms with Crippen molar-refractivity contribution in [2.45, 2.75) is 44.6 Å². The molecule has 8 nitrogen and oxygen atoms in total. The molecule has 0 saturated carbocycles. The van der Waals surface area contributed by atoms with Gasteiger partial charge in [0.05, 0.1) is 12.2 Å². The van der Waals surface area contributed by atoms with E-state index in [1.165, 1.54) is 25.3 Å². The number of aryl methyl sites for hydroxylation is 1. The molecule has 11 heteroatoms. The first-order valence-corrected chi connectivity index (χ1v) is 10.2. The second-order valence-corrected chi connectivity index (χ2v) is 7.75. The molecule has 0 bridgehead atoms. The van der Waals surface area contributed by atoms with Gasteiger partial charge in [-0.25, -0.2) is 4.98 Å². The number of pyridine rings is 1. The van der Waals surface area contributed by atoms with Gasteiger partial charge in [0, 0.05) is 12.6 Å². The van der Waals surface area contributed by atoms with Crippen LogP contribution in [0.1, 0.15) is 41.1 Å². The number of carbonyl (C=O) groups is 2. The van der Waals surface area contributed by atoms with Crippen LogP contribution in [-0.4, -0.2) is 48.1 Å². The van der Waals surface area contributed by atoms with Crippen LogP contribution in [0, 0.1) is 6.92 Å². The Balaban J connectivity index is 0.00000385. The molecule has 2 aromatic rings. The second-order valence-electron chi connectivity index (χ2n) is 7.75. The van der Waals surface area contributed by atoms with Crippen molar-refractivity contribution in [3.8, 4) is 5.75 Å². The maximum Gasteiger partial charge on any atom is 0.471 e. The third kappa shape index (κ3) is 7.16. The fraction of sp³-hybridized carbons (Fsp3) is 0.409. The molecule has 0 unspecified atom stereocenters. The number of carbonyl (C=O) groups excluding carboxylic acids is 2. The van der Waals surface area contributed by atoms with Gasteiger partial charge < -0.3 is 26.8 Å². The van der Waals surface area contributed by atoms with Crippen LogP contribution in [0.25, 0.3) is 0 Å². The lowest BCUT2D eigenvalue weighted by Gasteiger charge is -2.27. The van der Waals surface area contributed by atoms with E-state index in [0.29, 0.717) is 12.1 Å². The van der Waals surface area contributed by atoms with Gasteiger partial charge in [-0.2, -0.15) is 13.2 Å². The Bertz CT molecular complexity index is 930. The maximum absolute atomic E-state index is 12.7. The fourth-order valence-electron chi connectivity index (χ4n) is 3.35. The smallest absolute Gasteiger partial charge is 0.471 e. The van der Waals surface area contributed by atoms with E-state index in [4.69, 9.17) is 4.74 Å². The topological polar surface area (TPSA) is 127 Å². The summed E-state index contributed by atoms with van der Waals surface area (Å²) in [6.45, 7) is 4.85. The Hall–Kier alpha value is -3.18. The fourth-order valence-corrected chi connectivity index (χ4v) is 3.35. The molecule has 33 heavy (non-hydrogen) atoms. The van der Waals surface area contributed by atoms with Gasteiger partial charge in [-0.3, -0.25) is 9.59 Å². The highest BCUT2D eigenvalue weighted by molar-refractivity contribution is 5.92. The van der Waals surface area contributed by atoms with Crippen molar-refractivity contribution in [3.63, 3.8) is 0 Å². The van der Waals surface area contributed by atoms with Crippen LogP contribution in [-0.2, 0) is 4.79 Å². The highest BCUT2D eigenvalue weighted by Crippen LogP contribution is 2.26. The third-order valence-corrected chi connectivity index (χ3v) is 5.10. The molecule has 3 atom stereocenters. The Kier molecular flexibility index (Phi) is 8.77. The van der Waals surface area contributed by atoms with Crippen molar-refractivity contribution in [2.75, 3.05) is 13.1 Å². The van der Waals surface area contributed by atoms with E-state index >= 15 is 0 Å². The predicted molar refractivity (Wildman–Crippen MR) is 116 cm³/mol. The van der Waals surface area contributed by atoms with Crippen molar-refractivity contribution >= 4 is 11.8 Å². The second kappa shape index (κ2) is 11.1. The summed E-state index contributed by atoms with van der Waals surface area (Å²) in [7, 11) is 0. The first-order chi connectivity index (χ1) is 15.1. The van der Waals surface area contributed by atoms with Gasteiger partial charge in [-0.1, -0.05) is 29.8 Å². The van der Waals surface area contributed by atoms with Crippen LogP contribution < -0.4 is 26.8 Å². The average molecular weight is 467 g/mol. The minimum Gasteiger partial charge on any atom is -0.482 e. The quantitative estimate of drug-likeness (QED) is 0.496. The molecule has 1 saturated heterocycles. The van der Waals surface area contributed by atoms with Gasteiger partial charge in [0.2, 0.25) is 0 Å². The summed E-state index contributed by atoms with van der Waals surface area (Å²) in [5.74, 6) is -2.11. The first-order valence-electron chi connectivity index (χ1n) is 10.2. The zero-order valence-electron chi connectivity index (χ0n) is 18.4. The van der Waals surface area contributed by atoms with Crippen LogP contribution in [0.2, 0.25) is 0 Å². The zero-order valence-corrected chi connectivity index (χ0v) is 18.4. The standard InChI is InChI=1S/C22H25F3N4O3.H3N/c1-13-3-5-15(6-4-13)19(14(2)28-21(31)22(23,24)25)32-17-7-8-18(27-12-17)20(30)29-16-9-10-26-11-16;/h3-8,12,14,16,19,26H,9-11H2,1-2H3,(H,28,31)(H,29,30);1H3/t14-,16+,19-;/m0./s1. The molecule has 6 N–H and O–H groups in total. The highest BCUT2D eigenvalue weighted by Gasteiger charge is 2.40. The Morgan fingerprint density at radius 3 is 2.42 bits per heavy atom. The molecule has 1 aromatic carbocycles. The molecule has 0 spiro atoms. The first kappa shape index (κ1) is 26.1. The molecule has 1 fully saturated rings. The number of alkyl halides is 3. The molecule has 0 aliphatic carbocycles. The van der Waals surface area contributed by atoms with Crippen LogP contribution in [0.15, 0.2) is 42.6 Å². The number of amides is 2. The number of halogens is 3. The number of benzene rings is 1. The van der Waals surface area contributed by atoms with Crippen LogP contribution in [0.4, 0.5) is 13.2 Å². The SMILES string of the molecule is Cc1ccc([C@@H](Oc2ccc(C(=O)N[C@@H]3CCNC3)nc2)[C@H](C)NC(=O)C(F)(F)F)cc1.N. The van der Waals surface area contributed by atoms with Crippen molar-refractivity contribution in [1.82, 2.24) is 27.1 Å². The van der Waals surface area contributed by atoms with Gasteiger partial charge >= 0.3 is 12.1 Å². The van der Waals surface area contributed by atoms with Crippen molar-refractivity contribution < 1.29 is 27.5 Å². The van der Waals surface area contributed by atoms with Crippen LogP contribution in [0.3, 0.4) is 0 Å². The van der Waals surface area contributed by atoms with Crippen molar-refractivity contribution in [1.29, 1.82) is 0 Å². The van der Waals surface area contributed by atoms with Gasteiger partial charge in [0.1, 0.15) is 17.5 Å². The number of hydrogen-bond donors (Lipinski definition) is 4. The van der Waals surface area contributed by atoms with Gasteiger partial charge in [0.25, 0.3) is 5.91 Å². The van der Waals surface area contributed by atoms with Gasteiger partial charge in [-0.15, -0.1) is 0 Å². The predicted octanol–water partition coefficient (Wildman–Crippen LogP) is 2.83. The number of ether oxygens (including phenoxy) is 1. The lowest BCUT2D eigenvalue weighted by molar-refractivity contribution is -0.174. The Morgan fingerprint density at radius 1 is 1.18 bits per heavy atom. The van der Waals surface area contributed by atoms with E-state index in [-0.39, 0.29) is 29.5 Å². The van der Waals surface area contributed by atoms with Crippen LogP contribution >= 0.6 is 0 Å². The number of aromatic nitrogens is 1. The van der Waals surface area contributed by atoms with E-state index < -0.39 is 24.2 Å². The number of hydrogen-bond acceptors (Lipinski definition) is 6. The molecule has 180 valence electrons. The number of nitrogens with one attached hydrogen (secondary N) is 3. The van der Waals surface area contributed by atoms with Crippen molar-refractivity contribution in [2.24, 2.45) is 0 Å². The minimum atomic E-state index is -5.00. The molecular formula is C22H28F3N5O3. The molecule has 0 radical (unpaired) electrons. The summed E-state index contributed by atoms with van der Waals surface area (Å²) in [6, 6.07) is 9.10. The molecule has 1 aliphatic heterocycles. The Labute approximate surface area is 189 Å². The summed E-state index contributed by atoms with van der Waals surface area (Å²) >= 11 is 0. The molecule has 2 heterocycles. The summed E-state index contributed by atoms with van der Waals surface area (Å²) in [4.78, 5) is 27.9. The third-order valence-electron chi connectivity index (χ3n) is 5.10. The summed E-state index contributed by atoms with van der Waals surface area (Å²) in [5.41, 5.74) is 1.75. The van der Waals surface area contributed by atoms with Gasteiger partial charge in [0.15, 0.2) is 0 Å². The molecule has 2 amide bonds. The summed E-state index contributed by atoms with van der Waals surface area (Å²) in [5, 5.41) is 7.98. The zero-order chi connectivity index (χ0) is 23.3. The lowest BCUT2D eigenvalue weighted by atomic mass is 10.0. The molecule has 1 aliphatic rings. The van der Waals surface area contributed by atoms with E-state index in [1.807, 2.05) is 12.2 Å². The Morgan fingerprint density at radius 2 is 1.88 bits per heavy atom. The number of nitrogens with zero attached hydrogens (tertiary/aromatic N) is 1. The molecule has 1 aromatic heterocycles. The van der Waals surface area contributed by atoms with E-state index in [0.717, 1.165) is 18.5 Å². The van der Waals surface area contributed by atoms with Crippen molar-refractivity contribution in [3.05, 3.63) is 59.4 Å². The average Bonchev–Trinajstić information content (AvgIpc) is 3.25. The largest absolute Gasteiger partial charge is 0.482 e. The summed E-state index contributed by atoms with van der Waals surface area (Å²) in [6.07, 6.45) is -3.74. The van der Waals surface area contributed by atoms with Gasteiger partial charge in [-0.05, 0) is 44.5 Å². The minimum absolute atomic E-state index is 0. The monoisotopic (exact) mass is 467 g/mol.